The van der Waals surface area contributed by atoms with Crippen molar-refractivity contribution in [3.8, 4) is 0 Å². The van der Waals surface area contributed by atoms with E-state index in [0.29, 0.717) is 13.0 Å². The summed E-state index contributed by atoms with van der Waals surface area (Å²) in [4.78, 5) is 21.9. The van der Waals surface area contributed by atoms with Gasteiger partial charge >= 0.3 is 6.03 Å². The molecule has 0 bridgehead atoms. The van der Waals surface area contributed by atoms with Crippen LogP contribution in [0.3, 0.4) is 0 Å². The summed E-state index contributed by atoms with van der Waals surface area (Å²) < 4.78 is 0. The summed E-state index contributed by atoms with van der Waals surface area (Å²) >= 11 is 0. The number of ketones is 1. The molecular weight excluding hydrogens is 204 g/mol. The molecule has 0 aliphatic heterocycles. The molecule has 1 saturated carbocycles. The van der Waals surface area contributed by atoms with Crippen molar-refractivity contribution < 1.29 is 9.59 Å². The molecule has 4 nitrogen and oxygen atoms in total. The van der Waals surface area contributed by atoms with Crippen LogP contribution < -0.4 is 10.6 Å². The van der Waals surface area contributed by atoms with Crippen LogP contribution in [0, 0.1) is 0 Å². The normalized spacial score (nSPS) is 18.3. The maximum absolute atomic E-state index is 11.2. The Morgan fingerprint density at radius 2 is 1.88 bits per heavy atom. The molecule has 1 aliphatic rings. The van der Waals surface area contributed by atoms with Crippen LogP contribution in [0.15, 0.2) is 0 Å². The van der Waals surface area contributed by atoms with Gasteiger partial charge in [-0.1, -0.05) is 39.0 Å². The average Bonchev–Trinajstić information content (AvgIpc) is 2.93. The quantitative estimate of drug-likeness (QED) is 0.622. The van der Waals surface area contributed by atoms with E-state index in [1.54, 1.807) is 0 Å². The molecule has 0 heterocycles. The molecule has 1 atom stereocenters. The fourth-order valence-corrected chi connectivity index (χ4v) is 1.59. The van der Waals surface area contributed by atoms with Crippen molar-refractivity contribution >= 4 is 11.8 Å². The number of hydrogen-bond acceptors (Lipinski definition) is 2. The second-order valence-electron chi connectivity index (χ2n) is 4.39. The molecule has 92 valence electrons. The maximum atomic E-state index is 11.2. The van der Waals surface area contributed by atoms with E-state index < -0.39 is 0 Å². The van der Waals surface area contributed by atoms with Crippen LogP contribution in [-0.4, -0.2) is 24.4 Å². The molecule has 1 rings (SSSR count). The van der Waals surface area contributed by atoms with Gasteiger partial charge in [-0.15, -0.1) is 0 Å². The van der Waals surface area contributed by atoms with Crippen molar-refractivity contribution in [2.45, 2.75) is 57.9 Å². The molecule has 0 aromatic rings. The fourth-order valence-electron chi connectivity index (χ4n) is 1.59. The Balaban J connectivity index is 1.83. The Labute approximate surface area is 97.2 Å². The number of nitrogens with one attached hydrogen (secondary N) is 2. The van der Waals surface area contributed by atoms with E-state index in [4.69, 9.17) is 0 Å². The summed E-state index contributed by atoms with van der Waals surface area (Å²) in [5.41, 5.74) is 0. The second-order valence-corrected chi connectivity index (χ2v) is 4.39. The van der Waals surface area contributed by atoms with E-state index in [0.717, 1.165) is 6.42 Å². The van der Waals surface area contributed by atoms with Crippen LogP contribution in [0.5, 0.6) is 0 Å². The van der Waals surface area contributed by atoms with Gasteiger partial charge in [-0.25, -0.2) is 4.79 Å². The number of carbonyl (C=O) groups is 2. The lowest BCUT2D eigenvalue weighted by Gasteiger charge is -2.05. The van der Waals surface area contributed by atoms with Crippen molar-refractivity contribution in [3.05, 3.63) is 0 Å². The lowest BCUT2D eigenvalue weighted by molar-refractivity contribution is -0.110. The highest BCUT2D eigenvalue weighted by Gasteiger charge is 2.35. The van der Waals surface area contributed by atoms with Crippen LogP contribution in [0.4, 0.5) is 4.79 Å². The van der Waals surface area contributed by atoms with Crippen molar-refractivity contribution in [1.82, 2.24) is 10.6 Å². The molecule has 1 aliphatic carbocycles. The molecular formula is C12H22N2O2. The number of amides is 2. The SMILES string of the molecule is CCCCCCCCNC(=O)NC1CC1=O. The first-order chi connectivity index (χ1) is 7.74. The first-order valence-electron chi connectivity index (χ1n) is 6.31. The third-order valence-electron chi connectivity index (χ3n) is 2.76. The summed E-state index contributed by atoms with van der Waals surface area (Å²) in [7, 11) is 0. The second kappa shape index (κ2) is 7.25. The van der Waals surface area contributed by atoms with Gasteiger partial charge in [0, 0.05) is 13.0 Å². The number of rotatable bonds is 8. The van der Waals surface area contributed by atoms with Gasteiger partial charge in [-0.3, -0.25) is 4.79 Å². The third-order valence-corrected chi connectivity index (χ3v) is 2.76. The van der Waals surface area contributed by atoms with Gasteiger partial charge < -0.3 is 10.6 Å². The summed E-state index contributed by atoms with van der Waals surface area (Å²) in [5, 5.41) is 5.38. The molecule has 0 aromatic heterocycles. The highest BCUT2D eigenvalue weighted by Crippen LogP contribution is 2.12. The van der Waals surface area contributed by atoms with Gasteiger partial charge in [-0.2, -0.15) is 0 Å². The summed E-state index contributed by atoms with van der Waals surface area (Å²) in [6, 6.07) is -0.408. The summed E-state index contributed by atoms with van der Waals surface area (Å²) in [6.07, 6.45) is 7.80. The van der Waals surface area contributed by atoms with Gasteiger partial charge in [0.25, 0.3) is 0 Å². The number of unbranched alkanes of at least 4 members (excludes halogenated alkanes) is 5. The van der Waals surface area contributed by atoms with Gasteiger partial charge in [0.2, 0.25) is 0 Å². The molecule has 2 N–H and O–H groups in total. The first kappa shape index (κ1) is 13.0. The molecule has 1 fully saturated rings. The Kier molecular flexibility index (Phi) is 5.90. The zero-order valence-electron chi connectivity index (χ0n) is 10.1. The number of hydrogen-bond donors (Lipinski definition) is 2. The molecule has 0 saturated heterocycles. The van der Waals surface area contributed by atoms with E-state index in [1.807, 2.05) is 0 Å². The largest absolute Gasteiger partial charge is 0.338 e. The van der Waals surface area contributed by atoms with Crippen LogP contribution in [0.25, 0.3) is 0 Å². The predicted octanol–water partition coefficient (Wildman–Crippen LogP) is 1.99. The smallest absolute Gasteiger partial charge is 0.315 e. The van der Waals surface area contributed by atoms with Crippen molar-refractivity contribution in [2.75, 3.05) is 6.54 Å². The van der Waals surface area contributed by atoms with Crippen LogP contribution in [-0.2, 0) is 4.79 Å². The number of Topliss-reactive ketones (excluding diaryl/α,β-unsaturated/α-hetero) is 1. The van der Waals surface area contributed by atoms with Crippen molar-refractivity contribution in [3.63, 3.8) is 0 Å². The molecule has 0 radical (unpaired) electrons. The highest BCUT2D eigenvalue weighted by atomic mass is 16.2. The highest BCUT2D eigenvalue weighted by molar-refractivity contribution is 6.02. The Morgan fingerprint density at radius 3 is 2.50 bits per heavy atom. The monoisotopic (exact) mass is 226 g/mol. The minimum atomic E-state index is -0.204. The molecule has 0 spiro atoms. The van der Waals surface area contributed by atoms with Gasteiger partial charge in [0.05, 0.1) is 6.04 Å². The standard InChI is InChI=1S/C12H22N2O2/c1-2-3-4-5-6-7-8-13-12(16)14-10-9-11(10)15/h10H,2-9H2,1H3,(H2,13,14,16). The van der Waals surface area contributed by atoms with Gasteiger partial charge in [0.1, 0.15) is 0 Å². The Bertz CT molecular complexity index is 241. The Morgan fingerprint density at radius 1 is 1.25 bits per heavy atom. The van der Waals surface area contributed by atoms with E-state index >= 15 is 0 Å². The van der Waals surface area contributed by atoms with E-state index in [-0.39, 0.29) is 17.9 Å². The van der Waals surface area contributed by atoms with Crippen molar-refractivity contribution in [2.24, 2.45) is 0 Å². The molecule has 16 heavy (non-hydrogen) atoms. The molecule has 2 amide bonds. The maximum Gasteiger partial charge on any atom is 0.315 e. The number of urea groups is 1. The third kappa shape index (κ3) is 5.73. The van der Waals surface area contributed by atoms with E-state index in [1.165, 1.54) is 32.1 Å². The van der Waals surface area contributed by atoms with Gasteiger partial charge in [-0.05, 0) is 6.42 Å². The van der Waals surface area contributed by atoms with Crippen LogP contribution >= 0.6 is 0 Å². The van der Waals surface area contributed by atoms with E-state index in [2.05, 4.69) is 17.6 Å². The molecule has 0 aromatic carbocycles. The molecule has 1 unspecified atom stereocenters. The Hall–Kier alpha value is -1.06. The van der Waals surface area contributed by atoms with Crippen molar-refractivity contribution in [1.29, 1.82) is 0 Å². The average molecular weight is 226 g/mol. The van der Waals surface area contributed by atoms with Crippen LogP contribution in [0.1, 0.15) is 51.9 Å². The fraction of sp³-hybridized carbons (Fsp3) is 0.833. The zero-order valence-corrected chi connectivity index (χ0v) is 10.1. The van der Waals surface area contributed by atoms with Crippen LogP contribution in [0.2, 0.25) is 0 Å². The summed E-state index contributed by atoms with van der Waals surface area (Å²) in [5.74, 6) is 0.134. The predicted molar refractivity (Wildman–Crippen MR) is 63.3 cm³/mol. The van der Waals surface area contributed by atoms with E-state index in [9.17, 15) is 9.59 Å². The lowest BCUT2D eigenvalue weighted by atomic mass is 10.1. The lowest BCUT2D eigenvalue weighted by Crippen LogP contribution is -2.37. The minimum absolute atomic E-state index is 0.134. The summed E-state index contributed by atoms with van der Waals surface area (Å²) in [6.45, 7) is 2.91. The molecule has 4 heteroatoms. The minimum Gasteiger partial charge on any atom is -0.338 e. The topological polar surface area (TPSA) is 58.2 Å². The van der Waals surface area contributed by atoms with Gasteiger partial charge in [0.15, 0.2) is 5.78 Å². The number of carbonyl (C=O) groups excluding carboxylic acids is 2. The first-order valence-corrected chi connectivity index (χ1v) is 6.31. The zero-order chi connectivity index (χ0) is 11.8.